The first-order valence-electron chi connectivity index (χ1n) is 6.04. The van der Waals surface area contributed by atoms with Crippen LogP contribution < -0.4 is 5.32 Å². The highest BCUT2D eigenvalue weighted by atomic mass is 16.3. The van der Waals surface area contributed by atoms with Gasteiger partial charge >= 0.3 is 0 Å². The molecule has 1 aromatic heterocycles. The number of benzene rings is 1. The van der Waals surface area contributed by atoms with Gasteiger partial charge in [-0.15, -0.1) is 0 Å². The van der Waals surface area contributed by atoms with Crippen LogP contribution in [0.1, 0.15) is 36.1 Å². The van der Waals surface area contributed by atoms with Crippen molar-refractivity contribution in [3.63, 3.8) is 0 Å². The van der Waals surface area contributed by atoms with Crippen molar-refractivity contribution >= 4 is 11.0 Å². The Morgan fingerprint density at radius 2 is 2.31 bits per heavy atom. The maximum Gasteiger partial charge on any atom is 0.134 e. The van der Waals surface area contributed by atoms with Crippen molar-refractivity contribution < 1.29 is 4.42 Å². The number of nitrogens with one attached hydrogen (secondary N) is 1. The second kappa shape index (κ2) is 3.63. The van der Waals surface area contributed by atoms with E-state index in [2.05, 4.69) is 24.4 Å². The zero-order chi connectivity index (χ0) is 11.1. The molecular formula is C14H17NO. The van der Waals surface area contributed by atoms with Crippen LogP contribution in [0.3, 0.4) is 0 Å². The summed E-state index contributed by atoms with van der Waals surface area (Å²) in [5.74, 6) is 0. The van der Waals surface area contributed by atoms with Gasteiger partial charge in [-0.05, 0) is 49.1 Å². The van der Waals surface area contributed by atoms with Crippen LogP contribution in [-0.2, 0) is 12.8 Å². The molecule has 1 aliphatic carbocycles. The minimum absolute atomic E-state index is 0.490. The second-order valence-corrected chi connectivity index (χ2v) is 4.51. The molecule has 1 N–H and O–H groups in total. The van der Waals surface area contributed by atoms with Crippen LogP contribution in [0.5, 0.6) is 0 Å². The SMILES string of the molecule is CCc1ccc2occ3c2c1C(NC)CC3. The molecule has 0 amide bonds. The van der Waals surface area contributed by atoms with Gasteiger partial charge in [-0.2, -0.15) is 0 Å². The van der Waals surface area contributed by atoms with Gasteiger partial charge < -0.3 is 9.73 Å². The van der Waals surface area contributed by atoms with E-state index >= 15 is 0 Å². The van der Waals surface area contributed by atoms with Gasteiger partial charge in [0, 0.05) is 11.4 Å². The average Bonchev–Trinajstić information content (AvgIpc) is 2.75. The monoisotopic (exact) mass is 215 g/mol. The van der Waals surface area contributed by atoms with E-state index < -0.39 is 0 Å². The fraction of sp³-hybridized carbons (Fsp3) is 0.429. The average molecular weight is 215 g/mol. The molecule has 0 radical (unpaired) electrons. The molecule has 0 fully saturated rings. The summed E-state index contributed by atoms with van der Waals surface area (Å²) in [5.41, 5.74) is 5.35. The fourth-order valence-electron chi connectivity index (χ4n) is 2.89. The van der Waals surface area contributed by atoms with Crippen LogP contribution in [0.25, 0.3) is 11.0 Å². The molecule has 2 heteroatoms. The molecule has 0 saturated heterocycles. The summed E-state index contributed by atoms with van der Waals surface area (Å²) in [6.07, 6.45) is 5.32. The highest BCUT2D eigenvalue weighted by Crippen LogP contribution is 2.38. The lowest BCUT2D eigenvalue weighted by Crippen LogP contribution is -2.21. The Hall–Kier alpha value is -1.28. The molecule has 0 spiro atoms. The lowest BCUT2D eigenvalue weighted by atomic mass is 9.85. The molecular weight excluding hydrogens is 198 g/mol. The second-order valence-electron chi connectivity index (χ2n) is 4.51. The molecule has 84 valence electrons. The molecule has 0 aliphatic heterocycles. The molecule has 1 atom stereocenters. The van der Waals surface area contributed by atoms with E-state index in [1.807, 2.05) is 13.3 Å². The molecule has 1 aliphatic rings. The van der Waals surface area contributed by atoms with Crippen molar-refractivity contribution in [2.75, 3.05) is 7.05 Å². The summed E-state index contributed by atoms with van der Waals surface area (Å²) in [6, 6.07) is 4.81. The Bertz CT molecular complexity index is 527. The smallest absolute Gasteiger partial charge is 0.134 e. The van der Waals surface area contributed by atoms with E-state index in [9.17, 15) is 0 Å². The first-order valence-corrected chi connectivity index (χ1v) is 6.04. The van der Waals surface area contributed by atoms with E-state index in [0.29, 0.717) is 6.04 Å². The lowest BCUT2D eigenvalue weighted by Gasteiger charge is -2.24. The van der Waals surface area contributed by atoms with Gasteiger partial charge in [-0.3, -0.25) is 0 Å². The minimum Gasteiger partial charge on any atom is -0.464 e. The van der Waals surface area contributed by atoms with Crippen LogP contribution in [0.2, 0.25) is 0 Å². The molecule has 1 heterocycles. The van der Waals surface area contributed by atoms with Gasteiger partial charge in [0.05, 0.1) is 6.26 Å². The summed E-state index contributed by atoms with van der Waals surface area (Å²) in [7, 11) is 2.05. The number of rotatable bonds is 2. The van der Waals surface area contributed by atoms with Gasteiger partial charge in [0.15, 0.2) is 0 Å². The Kier molecular flexibility index (Phi) is 2.25. The largest absolute Gasteiger partial charge is 0.464 e. The molecule has 0 saturated carbocycles. The van der Waals surface area contributed by atoms with E-state index in [-0.39, 0.29) is 0 Å². The van der Waals surface area contributed by atoms with Gasteiger partial charge in [0.1, 0.15) is 5.58 Å². The molecule has 16 heavy (non-hydrogen) atoms. The summed E-state index contributed by atoms with van der Waals surface area (Å²) in [5, 5.41) is 4.79. The Balaban J connectivity index is 2.35. The molecule has 0 bridgehead atoms. The van der Waals surface area contributed by atoms with Gasteiger partial charge in [0.2, 0.25) is 0 Å². The maximum atomic E-state index is 5.63. The number of hydrogen-bond acceptors (Lipinski definition) is 2. The topological polar surface area (TPSA) is 25.2 Å². The lowest BCUT2D eigenvalue weighted by molar-refractivity contribution is 0.538. The summed E-state index contributed by atoms with van der Waals surface area (Å²) >= 11 is 0. The van der Waals surface area contributed by atoms with Crippen LogP contribution in [0.4, 0.5) is 0 Å². The molecule has 3 rings (SSSR count). The Labute approximate surface area is 95.6 Å². The van der Waals surface area contributed by atoms with Crippen molar-refractivity contribution in [3.8, 4) is 0 Å². The van der Waals surface area contributed by atoms with E-state index in [1.54, 1.807) is 0 Å². The fourth-order valence-corrected chi connectivity index (χ4v) is 2.89. The molecule has 1 aromatic carbocycles. The van der Waals surface area contributed by atoms with Crippen molar-refractivity contribution in [1.82, 2.24) is 5.32 Å². The zero-order valence-corrected chi connectivity index (χ0v) is 9.84. The van der Waals surface area contributed by atoms with Gasteiger partial charge in [-0.25, -0.2) is 0 Å². The van der Waals surface area contributed by atoms with Crippen LogP contribution in [0.15, 0.2) is 22.8 Å². The third-order valence-electron chi connectivity index (χ3n) is 3.73. The number of furan rings is 1. The third kappa shape index (κ3) is 1.23. The zero-order valence-electron chi connectivity index (χ0n) is 9.84. The maximum absolute atomic E-state index is 5.63. The molecule has 2 nitrogen and oxygen atoms in total. The Morgan fingerprint density at radius 3 is 3.06 bits per heavy atom. The number of hydrogen-bond donors (Lipinski definition) is 1. The normalized spacial score (nSPS) is 19.2. The predicted octanol–water partition coefficient (Wildman–Crippen LogP) is 3.20. The summed E-state index contributed by atoms with van der Waals surface area (Å²) in [4.78, 5) is 0. The molecule has 1 unspecified atom stereocenters. The summed E-state index contributed by atoms with van der Waals surface area (Å²) in [6.45, 7) is 2.22. The van der Waals surface area contributed by atoms with Crippen molar-refractivity contribution in [3.05, 3.63) is 35.1 Å². The number of aryl methyl sites for hydroxylation is 2. The van der Waals surface area contributed by atoms with Crippen molar-refractivity contribution in [2.24, 2.45) is 0 Å². The first kappa shape index (κ1) is 9.91. The summed E-state index contributed by atoms with van der Waals surface area (Å²) < 4.78 is 5.63. The van der Waals surface area contributed by atoms with Crippen LogP contribution in [-0.4, -0.2) is 7.05 Å². The van der Waals surface area contributed by atoms with E-state index in [0.717, 1.165) is 18.4 Å². The minimum atomic E-state index is 0.490. The van der Waals surface area contributed by atoms with E-state index in [4.69, 9.17) is 4.42 Å². The highest BCUT2D eigenvalue weighted by Gasteiger charge is 2.24. The van der Waals surface area contributed by atoms with Crippen molar-refractivity contribution in [2.45, 2.75) is 32.2 Å². The molecule has 2 aromatic rings. The van der Waals surface area contributed by atoms with Crippen molar-refractivity contribution in [1.29, 1.82) is 0 Å². The third-order valence-corrected chi connectivity index (χ3v) is 3.73. The standard InChI is InChI=1S/C14H17NO/c1-3-9-5-7-12-14-10(8-16-12)4-6-11(15-2)13(9)14/h5,7-8,11,15H,3-4,6H2,1-2H3. The van der Waals surface area contributed by atoms with Gasteiger partial charge in [0.25, 0.3) is 0 Å². The van der Waals surface area contributed by atoms with Gasteiger partial charge in [-0.1, -0.05) is 13.0 Å². The van der Waals surface area contributed by atoms with E-state index in [1.165, 1.54) is 28.5 Å². The highest BCUT2D eigenvalue weighted by molar-refractivity contribution is 5.87. The Morgan fingerprint density at radius 1 is 1.44 bits per heavy atom. The van der Waals surface area contributed by atoms with Crippen LogP contribution >= 0.6 is 0 Å². The quantitative estimate of drug-likeness (QED) is 0.832. The predicted molar refractivity (Wildman–Crippen MR) is 65.7 cm³/mol. The van der Waals surface area contributed by atoms with Crippen LogP contribution in [0, 0.1) is 0 Å². The first-order chi connectivity index (χ1) is 7.85.